The summed E-state index contributed by atoms with van der Waals surface area (Å²) in [6.07, 6.45) is 0.275. The fourth-order valence-corrected chi connectivity index (χ4v) is 2.88. The Hall–Kier alpha value is -3.10. The van der Waals surface area contributed by atoms with Gasteiger partial charge >= 0.3 is 0 Å². The molecule has 0 bridgehead atoms. The molecule has 7 nitrogen and oxygen atoms in total. The summed E-state index contributed by atoms with van der Waals surface area (Å²) in [7, 11) is 0. The number of nitrogens with two attached hydrogens (primary N) is 1. The normalized spacial score (nSPS) is 14.9. The molecule has 1 aliphatic rings. The lowest BCUT2D eigenvalue weighted by molar-refractivity contribution is 0.1000. The van der Waals surface area contributed by atoms with Crippen molar-refractivity contribution in [1.29, 1.82) is 0 Å². The summed E-state index contributed by atoms with van der Waals surface area (Å²) in [5, 5.41) is 4.86. The van der Waals surface area contributed by atoms with Gasteiger partial charge in [0.05, 0.1) is 23.3 Å². The van der Waals surface area contributed by atoms with Crippen LogP contribution in [-0.2, 0) is 0 Å². The van der Waals surface area contributed by atoms with Crippen molar-refractivity contribution in [2.45, 2.75) is 12.5 Å². The smallest absolute Gasteiger partial charge is 0.297 e. The first-order chi connectivity index (χ1) is 12.0. The molecule has 128 valence electrons. The first-order valence-corrected chi connectivity index (χ1v) is 7.66. The molecule has 0 unspecified atom stereocenters. The molecule has 0 atom stereocenters. The van der Waals surface area contributed by atoms with Crippen LogP contribution in [0, 0.1) is 0 Å². The van der Waals surface area contributed by atoms with Gasteiger partial charge in [0.15, 0.2) is 5.82 Å². The van der Waals surface area contributed by atoms with Crippen LogP contribution in [0.5, 0.6) is 0 Å². The Labute approximate surface area is 141 Å². The standard InChI is InChI=1S/C16H14F2N6O/c17-13(18)15-21-12-4-2-1-3-11(12)16(22-15)23-7-10(8-23)24-6-9(5-20-24)14(19)25/h1-6,10,13H,7-8H2,(H2,19,25). The lowest BCUT2D eigenvalue weighted by atomic mass is 10.1. The topological polar surface area (TPSA) is 89.9 Å². The SMILES string of the molecule is NC(=O)c1cnn(C2CN(c3nc(C(F)F)nc4ccccc34)C2)c1. The maximum Gasteiger partial charge on any atom is 0.297 e. The van der Waals surface area contributed by atoms with Gasteiger partial charge in [0.2, 0.25) is 0 Å². The second kappa shape index (κ2) is 5.76. The molecule has 0 aliphatic carbocycles. The van der Waals surface area contributed by atoms with Gasteiger partial charge in [-0.25, -0.2) is 18.7 Å². The zero-order valence-corrected chi connectivity index (χ0v) is 13.0. The summed E-state index contributed by atoms with van der Waals surface area (Å²) >= 11 is 0. The van der Waals surface area contributed by atoms with E-state index in [1.165, 1.54) is 6.20 Å². The summed E-state index contributed by atoms with van der Waals surface area (Å²) in [4.78, 5) is 21.0. The monoisotopic (exact) mass is 344 g/mol. The highest BCUT2D eigenvalue weighted by Crippen LogP contribution is 2.32. The Morgan fingerprint density at radius 3 is 2.68 bits per heavy atom. The molecule has 0 radical (unpaired) electrons. The number of anilines is 1. The van der Waals surface area contributed by atoms with Gasteiger partial charge in [0.25, 0.3) is 12.3 Å². The van der Waals surface area contributed by atoms with Crippen LogP contribution in [0.25, 0.3) is 10.9 Å². The van der Waals surface area contributed by atoms with E-state index < -0.39 is 18.2 Å². The summed E-state index contributed by atoms with van der Waals surface area (Å²) in [6, 6.07) is 7.10. The number of para-hydroxylation sites is 1. The van der Waals surface area contributed by atoms with Gasteiger partial charge in [-0.1, -0.05) is 12.1 Å². The predicted octanol–water partition coefficient (Wildman–Crippen LogP) is 1.92. The number of hydrogen-bond acceptors (Lipinski definition) is 5. The third kappa shape index (κ3) is 2.67. The molecule has 0 saturated carbocycles. The van der Waals surface area contributed by atoms with Crippen molar-refractivity contribution in [3.05, 3.63) is 48.0 Å². The lowest BCUT2D eigenvalue weighted by Gasteiger charge is -2.40. The Balaban J connectivity index is 1.62. The number of carbonyl (C=O) groups is 1. The molecule has 4 rings (SSSR count). The Morgan fingerprint density at radius 1 is 1.24 bits per heavy atom. The summed E-state index contributed by atoms with van der Waals surface area (Å²) in [5.74, 6) is -0.530. The van der Waals surface area contributed by atoms with Crippen molar-refractivity contribution < 1.29 is 13.6 Å². The van der Waals surface area contributed by atoms with Gasteiger partial charge in [-0.15, -0.1) is 0 Å². The number of fused-ring (bicyclic) bond motifs is 1. The number of primary amides is 1. The molecule has 1 amide bonds. The average molecular weight is 344 g/mol. The van der Waals surface area contributed by atoms with E-state index in [1.807, 2.05) is 17.0 Å². The van der Waals surface area contributed by atoms with E-state index in [4.69, 9.17) is 5.73 Å². The van der Waals surface area contributed by atoms with Crippen LogP contribution < -0.4 is 10.6 Å². The minimum Gasteiger partial charge on any atom is -0.366 e. The molecular weight excluding hydrogens is 330 g/mol. The van der Waals surface area contributed by atoms with Crippen LogP contribution in [0.3, 0.4) is 0 Å². The van der Waals surface area contributed by atoms with Gasteiger partial charge in [-0.3, -0.25) is 9.48 Å². The number of alkyl halides is 2. The zero-order chi connectivity index (χ0) is 17.6. The summed E-state index contributed by atoms with van der Waals surface area (Å²) in [5.41, 5.74) is 6.05. The maximum atomic E-state index is 13.1. The van der Waals surface area contributed by atoms with Crippen LogP contribution in [0.1, 0.15) is 28.6 Å². The predicted molar refractivity (Wildman–Crippen MR) is 86.5 cm³/mol. The van der Waals surface area contributed by atoms with Gasteiger partial charge in [-0.2, -0.15) is 5.10 Å². The number of halogens is 2. The first kappa shape index (κ1) is 15.4. The minimum atomic E-state index is -2.73. The molecule has 3 aromatic rings. The molecule has 2 aromatic heterocycles. The molecule has 9 heteroatoms. The Bertz CT molecular complexity index is 951. The van der Waals surface area contributed by atoms with E-state index in [2.05, 4.69) is 15.1 Å². The fourth-order valence-electron chi connectivity index (χ4n) is 2.88. The molecule has 1 aliphatic heterocycles. The molecule has 1 fully saturated rings. The molecule has 25 heavy (non-hydrogen) atoms. The summed E-state index contributed by atoms with van der Waals surface area (Å²) in [6.45, 7) is 1.09. The lowest BCUT2D eigenvalue weighted by Crippen LogP contribution is -2.48. The number of aromatic nitrogens is 4. The van der Waals surface area contributed by atoms with Crippen LogP contribution >= 0.6 is 0 Å². The highest BCUT2D eigenvalue weighted by Gasteiger charge is 2.32. The highest BCUT2D eigenvalue weighted by atomic mass is 19.3. The van der Waals surface area contributed by atoms with Crippen LogP contribution in [-0.4, -0.2) is 38.7 Å². The molecule has 1 aromatic carbocycles. The molecule has 0 spiro atoms. The molecular formula is C16H14F2N6O. The van der Waals surface area contributed by atoms with Gasteiger partial charge in [-0.05, 0) is 12.1 Å². The van der Waals surface area contributed by atoms with E-state index in [1.54, 1.807) is 23.0 Å². The van der Waals surface area contributed by atoms with Crippen molar-refractivity contribution in [3.63, 3.8) is 0 Å². The van der Waals surface area contributed by atoms with E-state index in [9.17, 15) is 13.6 Å². The van der Waals surface area contributed by atoms with E-state index >= 15 is 0 Å². The number of hydrogen-bond donors (Lipinski definition) is 1. The third-order valence-electron chi connectivity index (χ3n) is 4.22. The van der Waals surface area contributed by atoms with Crippen LogP contribution in [0.4, 0.5) is 14.6 Å². The third-order valence-corrected chi connectivity index (χ3v) is 4.22. The fraction of sp³-hybridized carbons (Fsp3) is 0.250. The molecule has 2 N–H and O–H groups in total. The first-order valence-electron chi connectivity index (χ1n) is 7.66. The summed E-state index contributed by atoms with van der Waals surface area (Å²) < 4.78 is 27.8. The quantitative estimate of drug-likeness (QED) is 0.781. The minimum absolute atomic E-state index is 0.0248. The van der Waals surface area contributed by atoms with Crippen LogP contribution in [0.2, 0.25) is 0 Å². The van der Waals surface area contributed by atoms with Gasteiger partial charge in [0.1, 0.15) is 5.82 Å². The van der Waals surface area contributed by atoms with Crippen LogP contribution in [0.15, 0.2) is 36.7 Å². The highest BCUT2D eigenvalue weighted by molar-refractivity contribution is 5.92. The Morgan fingerprint density at radius 2 is 2.00 bits per heavy atom. The van der Waals surface area contributed by atoms with Crippen molar-refractivity contribution in [2.75, 3.05) is 18.0 Å². The van der Waals surface area contributed by atoms with Crippen molar-refractivity contribution in [3.8, 4) is 0 Å². The largest absolute Gasteiger partial charge is 0.366 e. The van der Waals surface area contributed by atoms with E-state index in [0.29, 0.717) is 30.0 Å². The number of nitrogens with zero attached hydrogens (tertiary/aromatic N) is 5. The van der Waals surface area contributed by atoms with E-state index in [-0.39, 0.29) is 6.04 Å². The van der Waals surface area contributed by atoms with Crippen molar-refractivity contribution in [1.82, 2.24) is 19.7 Å². The number of benzene rings is 1. The van der Waals surface area contributed by atoms with Crippen molar-refractivity contribution in [2.24, 2.45) is 5.73 Å². The van der Waals surface area contributed by atoms with E-state index in [0.717, 1.165) is 5.39 Å². The van der Waals surface area contributed by atoms with Gasteiger partial charge in [0, 0.05) is 24.7 Å². The second-order valence-electron chi connectivity index (χ2n) is 5.86. The second-order valence-corrected chi connectivity index (χ2v) is 5.86. The van der Waals surface area contributed by atoms with Crippen molar-refractivity contribution >= 4 is 22.6 Å². The molecule has 1 saturated heterocycles. The number of amides is 1. The number of rotatable bonds is 4. The van der Waals surface area contributed by atoms with Gasteiger partial charge < -0.3 is 10.6 Å². The molecule has 3 heterocycles. The maximum absolute atomic E-state index is 13.1. The number of carbonyl (C=O) groups excluding carboxylic acids is 1. The Kier molecular flexibility index (Phi) is 3.56. The zero-order valence-electron chi connectivity index (χ0n) is 13.0. The average Bonchev–Trinajstić information content (AvgIpc) is 3.03.